The number of halogens is 2. The van der Waals surface area contributed by atoms with E-state index in [2.05, 4.69) is 22.5 Å². The lowest BCUT2D eigenvalue weighted by Crippen LogP contribution is -2.33. The summed E-state index contributed by atoms with van der Waals surface area (Å²) in [5, 5.41) is 7.07. The summed E-state index contributed by atoms with van der Waals surface area (Å²) in [6.45, 7) is 4.44. The van der Waals surface area contributed by atoms with Crippen LogP contribution >= 0.6 is 23.2 Å². The summed E-state index contributed by atoms with van der Waals surface area (Å²) < 4.78 is 1.73. The Labute approximate surface area is 133 Å². The molecule has 0 unspecified atom stereocenters. The molecule has 7 heteroatoms. The van der Waals surface area contributed by atoms with Crippen molar-refractivity contribution < 1.29 is 4.79 Å². The van der Waals surface area contributed by atoms with E-state index in [0.29, 0.717) is 27.9 Å². The average molecular weight is 329 g/mol. The number of imidazole rings is 1. The van der Waals surface area contributed by atoms with E-state index >= 15 is 0 Å². The van der Waals surface area contributed by atoms with Crippen LogP contribution in [0.15, 0.2) is 18.5 Å². The second-order valence-electron chi connectivity index (χ2n) is 4.75. The molecule has 0 fully saturated rings. The minimum atomic E-state index is -0.0566. The van der Waals surface area contributed by atoms with Crippen LogP contribution in [0.25, 0.3) is 5.65 Å². The molecule has 0 atom stereocenters. The molecular formula is C14H18Cl2N4O. The summed E-state index contributed by atoms with van der Waals surface area (Å²) >= 11 is 12.0. The summed E-state index contributed by atoms with van der Waals surface area (Å²) in [4.78, 5) is 16.2. The number of nitrogens with one attached hydrogen (secondary N) is 2. The zero-order valence-corrected chi connectivity index (χ0v) is 13.3. The minimum Gasteiger partial charge on any atom is -0.354 e. The van der Waals surface area contributed by atoms with Gasteiger partial charge in [0.2, 0.25) is 5.91 Å². The predicted octanol–water partition coefficient (Wildman–Crippen LogP) is 2.30. The summed E-state index contributed by atoms with van der Waals surface area (Å²) in [6, 6.07) is 1.63. The molecule has 5 nitrogen and oxygen atoms in total. The molecular weight excluding hydrogens is 311 g/mol. The number of fused-ring (bicyclic) bond motifs is 1. The number of amides is 1. The number of pyridine rings is 1. The van der Waals surface area contributed by atoms with Gasteiger partial charge in [0.1, 0.15) is 0 Å². The Balaban J connectivity index is 1.91. The van der Waals surface area contributed by atoms with Gasteiger partial charge in [-0.15, -0.1) is 0 Å². The zero-order valence-electron chi connectivity index (χ0n) is 11.8. The molecule has 0 radical (unpaired) electrons. The highest BCUT2D eigenvalue weighted by Crippen LogP contribution is 2.21. The highest BCUT2D eigenvalue weighted by molar-refractivity contribution is 6.36. The van der Waals surface area contributed by atoms with Crippen molar-refractivity contribution in [2.75, 3.05) is 19.6 Å². The number of nitrogens with zero attached hydrogens (tertiary/aromatic N) is 2. The van der Waals surface area contributed by atoms with Gasteiger partial charge in [0, 0.05) is 25.5 Å². The predicted molar refractivity (Wildman–Crippen MR) is 85.1 cm³/mol. The molecule has 0 bridgehead atoms. The van der Waals surface area contributed by atoms with Gasteiger partial charge in [-0.2, -0.15) is 0 Å². The van der Waals surface area contributed by atoms with Gasteiger partial charge in [-0.05, 0) is 19.0 Å². The van der Waals surface area contributed by atoms with Crippen molar-refractivity contribution in [3.05, 3.63) is 34.2 Å². The Hall–Kier alpha value is -1.30. The van der Waals surface area contributed by atoms with Gasteiger partial charge in [-0.25, -0.2) is 4.98 Å². The first kappa shape index (κ1) is 16.1. The number of aromatic nitrogens is 2. The third kappa shape index (κ3) is 4.59. The molecule has 1 amide bonds. The fourth-order valence-corrected chi connectivity index (χ4v) is 2.51. The molecule has 0 aromatic carbocycles. The zero-order chi connectivity index (χ0) is 15.2. The van der Waals surface area contributed by atoms with Crippen LogP contribution in [-0.4, -0.2) is 34.9 Å². The highest BCUT2D eigenvalue weighted by atomic mass is 35.5. The number of carbonyl (C=O) groups is 1. The van der Waals surface area contributed by atoms with Crippen LogP contribution in [0.3, 0.4) is 0 Å². The van der Waals surface area contributed by atoms with E-state index in [1.165, 1.54) is 0 Å². The largest absolute Gasteiger partial charge is 0.354 e. The van der Waals surface area contributed by atoms with Gasteiger partial charge in [-0.1, -0.05) is 30.1 Å². The molecule has 0 saturated carbocycles. The summed E-state index contributed by atoms with van der Waals surface area (Å²) in [6.07, 6.45) is 4.79. The van der Waals surface area contributed by atoms with Crippen LogP contribution in [0, 0.1) is 0 Å². The van der Waals surface area contributed by atoms with Crippen molar-refractivity contribution in [2.45, 2.75) is 19.8 Å². The van der Waals surface area contributed by atoms with E-state index in [-0.39, 0.29) is 12.3 Å². The van der Waals surface area contributed by atoms with Crippen LogP contribution in [0.2, 0.25) is 10.0 Å². The Kier molecular flexibility index (Phi) is 5.85. The van der Waals surface area contributed by atoms with Crippen molar-refractivity contribution in [3.8, 4) is 0 Å². The van der Waals surface area contributed by atoms with Gasteiger partial charge in [0.25, 0.3) is 0 Å². The standard InChI is InChI=1S/C14H18Cl2N4O/c1-2-3-17-4-5-18-13(21)7-11-9-20-8-10(15)6-12(16)14(20)19-11/h6,8-9,17H,2-5,7H2,1H3,(H,18,21). The van der Waals surface area contributed by atoms with Crippen LogP contribution < -0.4 is 10.6 Å². The van der Waals surface area contributed by atoms with E-state index in [4.69, 9.17) is 23.2 Å². The number of rotatable bonds is 7. The van der Waals surface area contributed by atoms with E-state index in [0.717, 1.165) is 19.5 Å². The maximum absolute atomic E-state index is 11.8. The Morgan fingerprint density at radius 2 is 2.10 bits per heavy atom. The topological polar surface area (TPSA) is 58.4 Å². The molecule has 0 aliphatic carbocycles. The monoisotopic (exact) mass is 328 g/mol. The number of hydrogen-bond donors (Lipinski definition) is 2. The summed E-state index contributed by atoms with van der Waals surface area (Å²) in [7, 11) is 0. The smallest absolute Gasteiger partial charge is 0.226 e. The SMILES string of the molecule is CCCNCCNC(=O)Cc1cn2cc(Cl)cc(Cl)c2n1. The molecule has 2 N–H and O–H groups in total. The molecule has 0 aliphatic heterocycles. The first-order chi connectivity index (χ1) is 10.1. The van der Waals surface area contributed by atoms with Crippen molar-refractivity contribution in [1.82, 2.24) is 20.0 Å². The third-order valence-corrected chi connectivity index (χ3v) is 3.40. The quantitative estimate of drug-likeness (QED) is 0.767. The van der Waals surface area contributed by atoms with Gasteiger partial charge in [0.15, 0.2) is 5.65 Å². The highest BCUT2D eigenvalue weighted by Gasteiger charge is 2.10. The lowest BCUT2D eigenvalue weighted by atomic mass is 10.3. The van der Waals surface area contributed by atoms with Crippen molar-refractivity contribution >= 4 is 34.8 Å². The van der Waals surface area contributed by atoms with Gasteiger partial charge in [-0.3, -0.25) is 4.79 Å². The van der Waals surface area contributed by atoms with E-state index in [1.54, 1.807) is 22.9 Å². The van der Waals surface area contributed by atoms with Crippen LogP contribution in [0.1, 0.15) is 19.0 Å². The Morgan fingerprint density at radius 1 is 1.29 bits per heavy atom. The summed E-state index contributed by atoms with van der Waals surface area (Å²) in [5.41, 5.74) is 1.27. The van der Waals surface area contributed by atoms with Crippen molar-refractivity contribution in [3.63, 3.8) is 0 Å². The average Bonchev–Trinajstić information content (AvgIpc) is 2.81. The van der Waals surface area contributed by atoms with Crippen molar-refractivity contribution in [1.29, 1.82) is 0 Å². The Bertz CT molecular complexity index is 627. The molecule has 0 aliphatic rings. The molecule has 114 valence electrons. The van der Waals surface area contributed by atoms with E-state index in [9.17, 15) is 4.79 Å². The third-order valence-electron chi connectivity index (χ3n) is 2.92. The van der Waals surface area contributed by atoms with Crippen LogP contribution in [-0.2, 0) is 11.2 Å². The molecule has 21 heavy (non-hydrogen) atoms. The van der Waals surface area contributed by atoms with Gasteiger partial charge >= 0.3 is 0 Å². The molecule has 2 rings (SSSR count). The normalized spacial score (nSPS) is 11.0. The van der Waals surface area contributed by atoms with Gasteiger partial charge in [0.05, 0.1) is 22.2 Å². The second kappa shape index (κ2) is 7.64. The molecule has 0 spiro atoms. The maximum Gasteiger partial charge on any atom is 0.226 e. The number of carbonyl (C=O) groups excluding carboxylic acids is 1. The van der Waals surface area contributed by atoms with Crippen LogP contribution in [0.5, 0.6) is 0 Å². The molecule has 0 saturated heterocycles. The summed E-state index contributed by atoms with van der Waals surface area (Å²) in [5.74, 6) is -0.0566. The molecule has 2 aromatic rings. The van der Waals surface area contributed by atoms with Crippen LogP contribution in [0.4, 0.5) is 0 Å². The number of hydrogen-bond acceptors (Lipinski definition) is 3. The second-order valence-corrected chi connectivity index (χ2v) is 5.59. The maximum atomic E-state index is 11.8. The Morgan fingerprint density at radius 3 is 2.86 bits per heavy atom. The first-order valence-corrected chi connectivity index (χ1v) is 7.65. The molecule has 2 heterocycles. The van der Waals surface area contributed by atoms with E-state index in [1.807, 2.05) is 0 Å². The fourth-order valence-electron chi connectivity index (χ4n) is 1.98. The molecule has 2 aromatic heterocycles. The fraction of sp³-hybridized carbons (Fsp3) is 0.429. The lowest BCUT2D eigenvalue weighted by Gasteiger charge is -2.04. The first-order valence-electron chi connectivity index (χ1n) is 6.90. The minimum absolute atomic E-state index is 0.0566. The lowest BCUT2D eigenvalue weighted by molar-refractivity contribution is -0.120. The van der Waals surface area contributed by atoms with Crippen molar-refractivity contribution in [2.24, 2.45) is 0 Å². The van der Waals surface area contributed by atoms with Gasteiger partial charge < -0.3 is 15.0 Å². The van der Waals surface area contributed by atoms with E-state index < -0.39 is 0 Å².